The maximum absolute atomic E-state index is 12.0. The van der Waals surface area contributed by atoms with E-state index in [0.717, 1.165) is 10.6 Å². The van der Waals surface area contributed by atoms with Crippen molar-refractivity contribution in [1.82, 2.24) is 19.8 Å². The smallest absolute Gasteiger partial charge is 0.331 e. The van der Waals surface area contributed by atoms with Gasteiger partial charge in [0.15, 0.2) is 24.2 Å². The van der Waals surface area contributed by atoms with Crippen molar-refractivity contribution in [3.63, 3.8) is 0 Å². The summed E-state index contributed by atoms with van der Waals surface area (Å²) >= 11 is 0. The minimum Gasteiger partial charge on any atom is -0.486 e. The molecular formula is C21H22N4O8. The van der Waals surface area contributed by atoms with Gasteiger partial charge in [-0.2, -0.15) is 0 Å². The van der Waals surface area contributed by atoms with E-state index in [9.17, 15) is 24.0 Å². The summed E-state index contributed by atoms with van der Waals surface area (Å²) in [5, 5.41) is 4.49. The number of carbonyl (C=O) groups is 3. The molecule has 1 atom stereocenters. The Kier molecular flexibility index (Phi) is 7.28. The zero-order valence-corrected chi connectivity index (χ0v) is 17.9. The van der Waals surface area contributed by atoms with Crippen LogP contribution in [0.5, 0.6) is 11.5 Å². The summed E-state index contributed by atoms with van der Waals surface area (Å²) in [5.74, 6) is -0.588. The van der Waals surface area contributed by atoms with Crippen molar-refractivity contribution in [3.8, 4) is 11.5 Å². The highest BCUT2D eigenvalue weighted by Gasteiger charge is 2.21. The average Bonchev–Trinajstić information content (AvgIpc) is 2.81. The minimum atomic E-state index is -0.909. The second-order valence-electron chi connectivity index (χ2n) is 7.04. The molecule has 0 saturated heterocycles. The highest BCUT2D eigenvalue weighted by Crippen LogP contribution is 2.30. The summed E-state index contributed by atoms with van der Waals surface area (Å²) in [7, 11) is 2.77. The number of nitrogens with one attached hydrogen (secondary N) is 2. The molecule has 0 saturated carbocycles. The molecule has 0 bridgehead atoms. The number of amides is 3. The number of para-hydroxylation sites is 2. The fourth-order valence-electron chi connectivity index (χ4n) is 2.87. The Hall–Kier alpha value is -4.35. The first-order valence-electron chi connectivity index (χ1n) is 9.82. The monoisotopic (exact) mass is 458 g/mol. The van der Waals surface area contributed by atoms with Crippen molar-refractivity contribution >= 4 is 24.0 Å². The Morgan fingerprint density at radius 2 is 1.91 bits per heavy atom. The third-order valence-corrected chi connectivity index (χ3v) is 4.53. The highest BCUT2D eigenvalue weighted by atomic mass is 16.6. The summed E-state index contributed by atoms with van der Waals surface area (Å²) in [6.45, 7) is -0.392. The Bertz CT molecular complexity index is 1210. The van der Waals surface area contributed by atoms with Gasteiger partial charge in [-0.3, -0.25) is 19.5 Å². The molecule has 0 fully saturated rings. The minimum absolute atomic E-state index is 0.0805. The van der Waals surface area contributed by atoms with E-state index in [1.807, 2.05) is 11.4 Å². The number of aryl methyl sites for hydroxylation is 1. The third kappa shape index (κ3) is 6.09. The van der Waals surface area contributed by atoms with Crippen LogP contribution in [0.1, 0.15) is 5.56 Å². The van der Waals surface area contributed by atoms with E-state index >= 15 is 0 Å². The quantitative estimate of drug-likeness (QED) is 0.427. The second kappa shape index (κ2) is 10.3. The van der Waals surface area contributed by atoms with Crippen LogP contribution < -0.4 is 31.4 Å². The maximum atomic E-state index is 12.0. The van der Waals surface area contributed by atoms with Gasteiger partial charge in [0.2, 0.25) is 0 Å². The molecule has 12 nitrogen and oxygen atoms in total. The highest BCUT2D eigenvalue weighted by molar-refractivity contribution is 5.96. The van der Waals surface area contributed by atoms with Crippen LogP contribution in [0, 0.1) is 0 Å². The average molecular weight is 458 g/mol. The van der Waals surface area contributed by atoms with Crippen LogP contribution in [0.3, 0.4) is 0 Å². The molecule has 0 aliphatic carbocycles. The van der Waals surface area contributed by atoms with Gasteiger partial charge in [0.1, 0.15) is 6.61 Å². The molecule has 1 unspecified atom stereocenters. The van der Waals surface area contributed by atoms with Crippen molar-refractivity contribution in [2.45, 2.75) is 6.10 Å². The normalized spacial score (nSPS) is 14.5. The fraction of sp³-hybridized carbons (Fsp3) is 0.286. The van der Waals surface area contributed by atoms with Crippen LogP contribution in [0.15, 0.2) is 46.1 Å². The van der Waals surface area contributed by atoms with Crippen LogP contribution in [0.25, 0.3) is 6.08 Å². The third-order valence-electron chi connectivity index (χ3n) is 4.53. The van der Waals surface area contributed by atoms with Crippen molar-refractivity contribution in [3.05, 3.63) is 62.9 Å². The molecule has 2 N–H and O–H groups in total. The molecule has 2 aromatic rings. The van der Waals surface area contributed by atoms with Crippen molar-refractivity contribution in [1.29, 1.82) is 0 Å². The molecule has 1 aliphatic rings. The Labute approximate surface area is 187 Å². The number of urea groups is 1. The number of imide groups is 1. The fourth-order valence-corrected chi connectivity index (χ4v) is 2.87. The summed E-state index contributed by atoms with van der Waals surface area (Å²) in [4.78, 5) is 59.1. The summed E-state index contributed by atoms with van der Waals surface area (Å²) < 4.78 is 18.0. The van der Waals surface area contributed by atoms with Crippen molar-refractivity contribution in [2.75, 3.05) is 19.8 Å². The number of esters is 1. The van der Waals surface area contributed by atoms with Gasteiger partial charge in [0.05, 0.1) is 12.1 Å². The second-order valence-corrected chi connectivity index (χ2v) is 7.04. The Balaban J connectivity index is 1.40. The first kappa shape index (κ1) is 23.3. The Morgan fingerprint density at radius 3 is 2.67 bits per heavy atom. The van der Waals surface area contributed by atoms with Crippen LogP contribution in [0.4, 0.5) is 4.79 Å². The largest absolute Gasteiger partial charge is 0.486 e. The van der Waals surface area contributed by atoms with Crippen LogP contribution >= 0.6 is 0 Å². The number of hydrogen-bond donors (Lipinski definition) is 2. The lowest BCUT2D eigenvalue weighted by Crippen LogP contribution is -2.46. The van der Waals surface area contributed by atoms with Gasteiger partial charge in [0, 0.05) is 26.4 Å². The topological polar surface area (TPSA) is 147 Å². The van der Waals surface area contributed by atoms with Gasteiger partial charge in [-0.05, 0) is 18.2 Å². The van der Waals surface area contributed by atoms with E-state index in [1.165, 1.54) is 30.9 Å². The van der Waals surface area contributed by atoms with Crippen LogP contribution in [-0.2, 0) is 28.4 Å². The number of carbonyl (C=O) groups excluding carboxylic acids is 3. The molecule has 174 valence electrons. The molecule has 3 rings (SSSR count). The van der Waals surface area contributed by atoms with Gasteiger partial charge >= 0.3 is 17.7 Å². The lowest BCUT2D eigenvalue weighted by molar-refractivity contribution is -0.143. The lowest BCUT2D eigenvalue weighted by Gasteiger charge is -2.26. The van der Waals surface area contributed by atoms with E-state index < -0.39 is 41.9 Å². The molecule has 3 amide bonds. The molecular weight excluding hydrogens is 436 g/mol. The zero-order chi connectivity index (χ0) is 24.0. The van der Waals surface area contributed by atoms with Gasteiger partial charge in [-0.25, -0.2) is 14.4 Å². The number of nitrogens with zero attached hydrogens (tertiary/aromatic N) is 2. The van der Waals surface area contributed by atoms with Gasteiger partial charge in [0.25, 0.3) is 11.5 Å². The number of benzene rings is 1. The summed E-state index contributed by atoms with van der Waals surface area (Å²) in [6.07, 6.45) is 2.94. The number of fused-ring (bicyclic) bond motifs is 1. The van der Waals surface area contributed by atoms with Crippen molar-refractivity contribution in [2.24, 2.45) is 14.1 Å². The molecule has 1 aromatic carbocycles. The molecule has 0 radical (unpaired) electrons. The van der Waals surface area contributed by atoms with Gasteiger partial charge in [-0.1, -0.05) is 12.1 Å². The first-order chi connectivity index (χ1) is 15.7. The molecule has 12 heteroatoms. The first-order valence-corrected chi connectivity index (χ1v) is 9.82. The molecule has 1 aliphatic heterocycles. The summed E-state index contributed by atoms with van der Waals surface area (Å²) in [5.41, 5.74) is -1.02. The molecule has 33 heavy (non-hydrogen) atoms. The maximum Gasteiger partial charge on any atom is 0.331 e. The lowest BCUT2D eigenvalue weighted by atomic mass is 10.2. The number of rotatable bonds is 6. The van der Waals surface area contributed by atoms with Crippen LogP contribution in [0.2, 0.25) is 0 Å². The predicted molar refractivity (Wildman–Crippen MR) is 115 cm³/mol. The predicted octanol–water partition coefficient (Wildman–Crippen LogP) is -0.694. The van der Waals surface area contributed by atoms with E-state index in [2.05, 4.69) is 5.32 Å². The zero-order valence-electron chi connectivity index (χ0n) is 17.9. The number of aromatic nitrogens is 2. The van der Waals surface area contributed by atoms with Crippen molar-refractivity contribution < 1.29 is 28.6 Å². The van der Waals surface area contributed by atoms with Gasteiger partial charge in [-0.15, -0.1) is 0 Å². The molecule has 0 spiro atoms. The molecule has 2 heterocycles. The molecule has 1 aromatic heterocycles. The number of hydrogen-bond acceptors (Lipinski definition) is 8. The van der Waals surface area contributed by atoms with Crippen LogP contribution in [-0.4, -0.2) is 52.9 Å². The standard InChI is InChI=1S/C21H22N4O8/c1-24-10-13(19(28)25(2)21(24)30)7-8-18(27)32-12-17(26)23-20(29)22-9-14-11-31-15-5-3-4-6-16(15)33-14/h3-8,10,14H,9,11-12H2,1-2H3,(H2,22,23,26,29)/b8-7+. The van der Waals surface area contributed by atoms with E-state index in [-0.39, 0.29) is 18.7 Å². The Morgan fingerprint density at radius 1 is 1.18 bits per heavy atom. The van der Waals surface area contributed by atoms with E-state index in [1.54, 1.807) is 18.2 Å². The SMILES string of the molecule is Cn1cc(/C=C/C(=O)OCC(=O)NC(=O)NCC2COc3ccccc3O2)c(=O)n(C)c1=O. The van der Waals surface area contributed by atoms with E-state index in [0.29, 0.717) is 11.5 Å². The summed E-state index contributed by atoms with van der Waals surface area (Å²) in [6, 6.07) is 6.33. The van der Waals surface area contributed by atoms with E-state index in [4.69, 9.17) is 14.2 Å². The number of ether oxygens (including phenoxy) is 3. The van der Waals surface area contributed by atoms with Gasteiger partial charge < -0.3 is 24.1 Å².